The zero-order valence-corrected chi connectivity index (χ0v) is 10.7. The van der Waals surface area contributed by atoms with Gasteiger partial charge in [-0.15, -0.1) is 0 Å². The number of hydrogen-bond donors (Lipinski definition) is 1. The highest BCUT2D eigenvalue weighted by Crippen LogP contribution is 2.26. The zero-order valence-electron chi connectivity index (χ0n) is 9.98. The number of methoxy groups -OCH3 is 1. The van der Waals surface area contributed by atoms with Crippen LogP contribution >= 0.6 is 11.6 Å². The molecule has 0 atom stereocenters. The van der Waals surface area contributed by atoms with E-state index in [9.17, 15) is 5.21 Å². The Morgan fingerprint density at radius 2 is 1.94 bits per heavy atom. The largest absolute Gasteiger partial charge is 0.739 e. The van der Waals surface area contributed by atoms with Crippen LogP contribution in [0, 0.1) is 12.1 Å². The average molecular weight is 266 g/mol. The summed E-state index contributed by atoms with van der Waals surface area (Å²) in [6, 6.07) is 7.27. The standard InChI is InChI=1S/C12H12ClN3O2/c1-7-10(15-12(14)16(17)11(7)13)8-3-5-9(18-2)6-4-8/h3-6H,1-2H3,(H2,14,15). The second-order valence-corrected chi connectivity index (χ2v) is 4.12. The summed E-state index contributed by atoms with van der Waals surface area (Å²) in [5, 5.41) is 11.5. The third-order valence-corrected chi connectivity index (χ3v) is 3.08. The zero-order chi connectivity index (χ0) is 13.3. The Kier molecular flexibility index (Phi) is 3.25. The van der Waals surface area contributed by atoms with Gasteiger partial charge in [-0.1, -0.05) is 4.98 Å². The summed E-state index contributed by atoms with van der Waals surface area (Å²) in [6.07, 6.45) is 0. The predicted molar refractivity (Wildman–Crippen MR) is 69.3 cm³/mol. The first-order valence-electron chi connectivity index (χ1n) is 5.24. The van der Waals surface area contributed by atoms with Crippen LogP contribution in [-0.2, 0) is 0 Å². The van der Waals surface area contributed by atoms with Crippen LogP contribution < -0.4 is 15.2 Å². The first-order chi connectivity index (χ1) is 8.54. The van der Waals surface area contributed by atoms with Crippen molar-refractivity contribution in [1.29, 1.82) is 0 Å². The average Bonchev–Trinajstić information content (AvgIpc) is 2.41. The molecule has 0 spiro atoms. The van der Waals surface area contributed by atoms with E-state index in [2.05, 4.69) is 4.98 Å². The highest BCUT2D eigenvalue weighted by Gasteiger charge is 2.17. The lowest BCUT2D eigenvalue weighted by Crippen LogP contribution is -2.34. The van der Waals surface area contributed by atoms with Crippen LogP contribution in [0.2, 0.25) is 5.15 Å². The number of nitrogen functional groups attached to an aromatic ring is 1. The summed E-state index contributed by atoms with van der Waals surface area (Å²) in [5.74, 6) is 0.571. The van der Waals surface area contributed by atoms with Gasteiger partial charge in [0.15, 0.2) is 10.8 Å². The molecule has 0 radical (unpaired) electrons. The Hall–Kier alpha value is -2.01. The van der Waals surface area contributed by atoms with Gasteiger partial charge in [-0.3, -0.25) is 5.73 Å². The Labute approximate surface area is 109 Å². The number of aromatic nitrogens is 2. The minimum absolute atomic E-state index is 0.0355. The van der Waals surface area contributed by atoms with Crippen molar-refractivity contribution in [2.24, 2.45) is 0 Å². The molecule has 0 bridgehead atoms. The summed E-state index contributed by atoms with van der Waals surface area (Å²) in [6.45, 7) is 1.72. The van der Waals surface area contributed by atoms with Crippen molar-refractivity contribution in [2.75, 3.05) is 12.8 Å². The molecule has 1 heterocycles. The van der Waals surface area contributed by atoms with Crippen molar-refractivity contribution in [3.63, 3.8) is 0 Å². The highest BCUT2D eigenvalue weighted by molar-refractivity contribution is 6.29. The molecule has 0 aliphatic rings. The summed E-state index contributed by atoms with van der Waals surface area (Å²) >= 11 is 5.90. The molecule has 2 N–H and O–H groups in total. The molecule has 0 aliphatic carbocycles. The van der Waals surface area contributed by atoms with E-state index in [1.54, 1.807) is 26.2 Å². The molecule has 0 aliphatic heterocycles. The van der Waals surface area contributed by atoms with Crippen molar-refractivity contribution in [2.45, 2.75) is 6.92 Å². The second kappa shape index (κ2) is 4.70. The van der Waals surface area contributed by atoms with Crippen LogP contribution in [0.1, 0.15) is 5.56 Å². The maximum absolute atomic E-state index is 11.5. The van der Waals surface area contributed by atoms with E-state index in [0.717, 1.165) is 11.3 Å². The van der Waals surface area contributed by atoms with Crippen LogP contribution in [0.15, 0.2) is 24.3 Å². The molecule has 5 nitrogen and oxygen atoms in total. The summed E-state index contributed by atoms with van der Waals surface area (Å²) < 4.78 is 5.48. The third-order valence-electron chi connectivity index (χ3n) is 2.64. The summed E-state index contributed by atoms with van der Waals surface area (Å²) in [4.78, 5) is 4.06. The quantitative estimate of drug-likeness (QED) is 0.511. The molecule has 0 unspecified atom stereocenters. The molecule has 0 saturated heterocycles. The minimum atomic E-state index is -0.170. The highest BCUT2D eigenvalue weighted by atomic mass is 35.5. The van der Waals surface area contributed by atoms with Crippen LogP contribution in [-0.4, -0.2) is 12.1 Å². The molecular weight excluding hydrogens is 254 g/mol. The fourth-order valence-electron chi connectivity index (χ4n) is 1.62. The molecule has 6 heteroatoms. The topological polar surface area (TPSA) is 75.1 Å². The molecule has 1 aromatic carbocycles. The Morgan fingerprint density at radius 1 is 1.33 bits per heavy atom. The van der Waals surface area contributed by atoms with E-state index in [4.69, 9.17) is 22.1 Å². The molecule has 0 saturated carbocycles. The van der Waals surface area contributed by atoms with Gasteiger partial charge in [0.2, 0.25) is 0 Å². The molecule has 94 valence electrons. The van der Waals surface area contributed by atoms with Gasteiger partial charge >= 0.3 is 5.95 Å². The fraction of sp³-hybridized carbons (Fsp3) is 0.167. The Morgan fingerprint density at radius 3 is 2.50 bits per heavy atom. The van der Waals surface area contributed by atoms with Gasteiger partial charge in [-0.2, -0.15) is 0 Å². The Bertz CT molecular complexity index is 585. The lowest BCUT2D eigenvalue weighted by molar-refractivity contribution is -0.590. The van der Waals surface area contributed by atoms with Gasteiger partial charge in [0, 0.05) is 11.1 Å². The maximum Gasteiger partial charge on any atom is 0.391 e. The van der Waals surface area contributed by atoms with Crippen molar-refractivity contribution < 1.29 is 9.47 Å². The first kappa shape index (κ1) is 12.4. The molecule has 0 fully saturated rings. The van der Waals surface area contributed by atoms with E-state index >= 15 is 0 Å². The Balaban J connectivity index is 2.56. The van der Waals surface area contributed by atoms with Gasteiger partial charge in [0.1, 0.15) is 5.75 Å². The number of anilines is 1. The molecule has 2 aromatic rings. The molecule has 18 heavy (non-hydrogen) atoms. The lowest BCUT2D eigenvalue weighted by atomic mass is 10.1. The van der Waals surface area contributed by atoms with Crippen molar-refractivity contribution in [3.8, 4) is 17.0 Å². The molecular formula is C12H12ClN3O2. The number of hydrogen-bond acceptors (Lipinski definition) is 4. The number of benzene rings is 1. The molecule has 1 aromatic heterocycles. The molecule has 2 rings (SSSR count). The normalized spacial score (nSPS) is 10.4. The van der Waals surface area contributed by atoms with Gasteiger partial charge in [-0.05, 0) is 42.8 Å². The van der Waals surface area contributed by atoms with E-state index in [-0.39, 0.29) is 11.1 Å². The minimum Gasteiger partial charge on any atom is -0.739 e. The fourth-order valence-corrected chi connectivity index (χ4v) is 1.80. The lowest BCUT2D eigenvalue weighted by Gasteiger charge is -2.11. The van der Waals surface area contributed by atoms with Gasteiger partial charge in [0.25, 0.3) is 0 Å². The van der Waals surface area contributed by atoms with E-state index in [0.29, 0.717) is 16.0 Å². The number of ether oxygens (including phenoxy) is 1. The van der Waals surface area contributed by atoms with Crippen LogP contribution in [0.25, 0.3) is 11.3 Å². The van der Waals surface area contributed by atoms with Gasteiger partial charge in [-0.25, -0.2) is 4.73 Å². The van der Waals surface area contributed by atoms with Crippen LogP contribution in [0.5, 0.6) is 5.75 Å². The van der Waals surface area contributed by atoms with E-state index in [1.807, 2.05) is 12.1 Å². The summed E-state index contributed by atoms with van der Waals surface area (Å²) in [7, 11) is 1.59. The SMILES string of the molecule is COc1ccc(-c2nc(N)[n+]([O-])c(Cl)c2C)cc1. The van der Waals surface area contributed by atoms with E-state index < -0.39 is 0 Å². The van der Waals surface area contributed by atoms with Gasteiger partial charge in [0.05, 0.1) is 7.11 Å². The van der Waals surface area contributed by atoms with Gasteiger partial charge < -0.3 is 9.94 Å². The van der Waals surface area contributed by atoms with E-state index in [1.165, 1.54) is 0 Å². The third kappa shape index (κ3) is 2.04. The number of nitrogens with two attached hydrogens (primary N) is 1. The van der Waals surface area contributed by atoms with Crippen molar-refractivity contribution in [1.82, 2.24) is 4.98 Å². The number of rotatable bonds is 2. The second-order valence-electron chi connectivity index (χ2n) is 3.76. The first-order valence-corrected chi connectivity index (χ1v) is 5.62. The molecule has 0 amide bonds. The smallest absolute Gasteiger partial charge is 0.391 e. The number of halogens is 1. The van der Waals surface area contributed by atoms with Crippen molar-refractivity contribution in [3.05, 3.63) is 40.2 Å². The monoisotopic (exact) mass is 265 g/mol. The maximum atomic E-state index is 11.5. The summed E-state index contributed by atoms with van der Waals surface area (Å²) in [5.41, 5.74) is 7.51. The predicted octanol–water partition coefficient (Wildman–Crippen LogP) is 1.93. The van der Waals surface area contributed by atoms with Crippen molar-refractivity contribution >= 4 is 17.5 Å². The number of nitrogens with zero attached hydrogens (tertiary/aromatic N) is 2. The van der Waals surface area contributed by atoms with Crippen LogP contribution in [0.4, 0.5) is 5.95 Å². The van der Waals surface area contributed by atoms with Crippen LogP contribution in [0.3, 0.4) is 0 Å².